The van der Waals surface area contributed by atoms with Gasteiger partial charge < -0.3 is 15.0 Å². The lowest BCUT2D eigenvalue weighted by Crippen LogP contribution is -2.32. The molecule has 1 N–H and O–H groups in total. The standard InChI is InChI=1S/C25H26N2O2/c1-19-17-21-9-5-6-10-24(21)27(19)16-15-25(28)26-22-11-13-23(14-12-22)29-18-20-7-3-2-4-8-20/h2-14,19H,15-18H2,1H3,(H,26,28). The second kappa shape index (κ2) is 8.82. The Kier molecular flexibility index (Phi) is 5.80. The lowest BCUT2D eigenvalue weighted by atomic mass is 10.1. The highest BCUT2D eigenvalue weighted by molar-refractivity contribution is 5.91. The van der Waals surface area contributed by atoms with Gasteiger partial charge >= 0.3 is 0 Å². The van der Waals surface area contributed by atoms with Gasteiger partial charge in [-0.1, -0.05) is 48.5 Å². The van der Waals surface area contributed by atoms with Crippen molar-refractivity contribution in [2.45, 2.75) is 32.4 Å². The van der Waals surface area contributed by atoms with Gasteiger partial charge in [0, 0.05) is 30.4 Å². The van der Waals surface area contributed by atoms with E-state index in [1.807, 2.05) is 54.6 Å². The van der Waals surface area contributed by atoms with Crippen LogP contribution in [-0.4, -0.2) is 18.5 Å². The van der Waals surface area contributed by atoms with Crippen LogP contribution in [-0.2, 0) is 17.8 Å². The van der Waals surface area contributed by atoms with E-state index < -0.39 is 0 Å². The predicted molar refractivity (Wildman–Crippen MR) is 117 cm³/mol. The summed E-state index contributed by atoms with van der Waals surface area (Å²) in [6.45, 7) is 3.47. The third kappa shape index (κ3) is 4.77. The summed E-state index contributed by atoms with van der Waals surface area (Å²) in [5.41, 5.74) is 4.54. The fraction of sp³-hybridized carbons (Fsp3) is 0.240. The normalized spacial score (nSPS) is 15.1. The van der Waals surface area contributed by atoms with Gasteiger partial charge in [0.25, 0.3) is 0 Å². The number of para-hydroxylation sites is 1. The van der Waals surface area contributed by atoms with Gasteiger partial charge in [0.05, 0.1) is 0 Å². The number of carbonyl (C=O) groups excluding carboxylic acids is 1. The van der Waals surface area contributed by atoms with Gasteiger partial charge in [0.2, 0.25) is 5.91 Å². The number of carbonyl (C=O) groups is 1. The molecule has 1 amide bonds. The summed E-state index contributed by atoms with van der Waals surface area (Å²) in [5.74, 6) is 0.814. The molecule has 0 bridgehead atoms. The number of rotatable bonds is 7. The van der Waals surface area contributed by atoms with Gasteiger partial charge in [0.1, 0.15) is 12.4 Å². The first kappa shape index (κ1) is 19.1. The van der Waals surface area contributed by atoms with E-state index in [0.29, 0.717) is 19.1 Å². The largest absolute Gasteiger partial charge is 0.489 e. The Labute approximate surface area is 172 Å². The number of nitrogens with one attached hydrogen (secondary N) is 1. The summed E-state index contributed by atoms with van der Waals surface area (Å²) < 4.78 is 5.79. The van der Waals surface area contributed by atoms with Crippen LogP contribution in [0.5, 0.6) is 5.75 Å². The van der Waals surface area contributed by atoms with Crippen LogP contribution in [0.25, 0.3) is 0 Å². The molecule has 0 aliphatic carbocycles. The van der Waals surface area contributed by atoms with Crippen molar-refractivity contribution in [1.82, 2.24) is 0 Å². The third-order valence-corrected chi connectivity index (χ3v) is 5.31. The molecule has 0 radical (unpaired) electrons. The topological polar surface area (TPSA) is 41.6 Å². The third-order valence-electron chi connectivity index (χ3n) is 5.31. The Balaban J connectivity index is 1.27. The molecule has 0 saturated heterocycles. The summed E-state index contributed by atoms with van der Waals surface area (Å²) in [6.07, 6.45) is 1.51. The van der Waals surface area contributed by atoms with E-state index in [1.165, 1.54) is 11.3 Å². The van der Waals surface area contributed by atoms with Gasteiger partial charge in [0.15, 0.2) is 0 Å². The summed E-state index contributed by atoms with van der Waals surface area (Å²) in [5, 5.41) is 2.98. The molecule has 0 fully saturated rings. The fourth-order valence-corrected chi connectivity index (χ4v) is 3.79. The Morgan fingerprint density at radius 1 is 1.00 bits per heavy atom. The molecule has 4 nitrogen and oxygen atoms in total. The maximum absolute atomic E-state index is 12.4. The maximum atomic E-state index is 12.4. The first-order chi connectivity index (χ1) is 14.2. The summed E-state index contributed by atoms with van der Waals surface area (Å²) >= 11 is 0. The van der Waals surface area contributed by atoms with E-state index in [4.69, 9.17) is 4.74 Å². The lowest BCUT2D eigenvalue weighted by molar-refractivity contribution is -0.116. The number of ether oxygens (including phenoxy) is 1. The van der Waals surface area contributed by atoms with E-state index in [2.05, 4.69) is 41.4 Å². The van der Waals surface area contributed by atoms with Crippen LogP contribution in [0.3, 0.4) is 0 Å². The molecule has 1 aliphatic heterocycles. The molecule has 0 saturated carbocycles. The van der Waals surface area contributed by atoms with Crippen LogP contribution in [0.2, 0.25) is 0 Å². The second-order valence-corrected chi connectivity index (χ2v) is 7.47. The minimum absolute atomic E-state index is 0.0273. The number of fused-ring (bicyclic) bond motifs is 1. The molecular formula is C25H26N2O2. The molecule has 4 rings (SSSR count). The minimum atomic E-state index is 0.0273. The van der Waals surface area contributed by atoms with Crippen LogP contribution >= 0.6 is 0 Å². The smallest absolute Gasteiger partial charge is 0.226 e. The van der Waals surface area contributed by atoms with Crippen LogP contribution in [0, 0.1) is 0 Å². The van der Waals surface area contributed by atoms with Crippen LogP contribution < -0.4 is 15.0 Å². The highest BCUT2D eigenvalue weighted by Gasteiger charge is 2.25. The Morgan fingerprint density at radius 3 is 2.52 bits per heavy atom. The molecule has 3 aromatic rings. The number of nitrogens with zero attached hydrogens (tertiary/aromatic N) is 1. The van der Waals surface area contributed by atoms with E-state index >= 15 is 0 Å². The van der Waals surface area contributed by atoms with Crippen molar-refractivity contribution in [3.8, 4) is 5.75 Å². The summed E-state index contributed by atoms with van der Waals surface area (Å²) in [6, 6.07) is 26.5. The second-order valence-electron chi connectivity index (χ2n) is 7.47. The summed E-state index contributed by atoms with van der Waals surface area (Å²) in [7, 11) is 0. The maximum Gasteiger partial charge on any atom is 0.226 e. The first-order valence-corrected chi connectivity index (χ1v) is 10.1. The zero-order valence-corrected chi connectivity index (χ0v) is 16.7. The number of amides is 1. The quantitative estimate of drug-likeness (QED) is 0.618. The SMILES string of the molecule is CC1Cc2ccccc2N1CCC(=O)Nc1ccc(OCc2ccccc2)cc1. The van der Waals surface area contributed by atoms with Gasteiger partial charge in [-0.2, -0.15) is 0 Å². The molecular weight excluding hydrogens is 360 g/mol. The van der Waals surface area contributed by atoms with E-state index in [-0.39, 0.29) is 5.91 Å². The van der Waals surface area contributed by atoms with Crippen LogP contribution in [0.15, 0.2) is 78.9 Å². The number of benzene rings is 3. The fourth-order valence-electron chi connectivity index (χ4n) is 3.79. The Hall–Kier alpha value is -3.27. The number of hydrogen-bond acceptors (Lipinski definition) is 3. The molecule has 1 unspecified atom stereocenters. The van der Waals surface area contributed by atoms with E-state index in [0.717, 1.165) is 30.0 Å². The van der Waals surface area contributed by atoms with Gasteiger partial charge in [-0.15, -0.1) is 0 Å². The minimum Gasteiger partial charge on any atom is -0.489 e. The molecule has 1 heterocycles. The zero-order chi connectivity index (χ0) is 20.1. The van der Waals surface area contributed by atoms with Crippen LogP contribution in [0.1, 0.15) is 24.5 Å². The van der Waals surface area contributed by atoms with E-state index in [1.54, 1.807) is 0 Å². The van der Waals surface area contributed by atoms with Crippen molar-refractivity contribution < 1.29 is 9.53 Å². The van der Waals surface area contributed by atoms with E-state index in [9.17, 15) is 4.79 Å². The van der Waals surface area contributed by atoms with Crippen molar-refractivity contribution in [3.63, 3.8) is 0 Å². The zero-order valence-electron chi connectivity index (χ0n) is 16.7. The predicted octanol–water partition coefficient (Wildman–Crippen LogP) is 5.05. The van der Waals surface area contributed by atoms with Gasteiger partial charge in [-0.25, -0.2) is 0 Å². The van der Waals surface area contributed by atoms with Gasteiger partial charge in [-0.05, 0) is 54.8 Å². The van der Waals surface area contributed by atoms with Crippen LogP contribution in [0.4, 0.5) is 11.4 Å². The monoisotopic (exact) mass is 386 g/mol. The number of hydrogen-bond donors (Lipinski definition) is 1. The summed E-state index contributed by atoms with van der Waals surface area (Å²) in [4.78, 5) is 14.7. The Morgan fingerprint density at radius 2 is 1.72 bits per heavy atom. The lowest BCUT2D eigenvalue weighted by Gasteiger charge is -2.24. The first-order valence-electron chi connectivity index (χ1n) is 10.1. The average Bonchev–Trinajstić information content (AvgIpc) is 3.07. The van der Waals surface area contributed by atoms with Crippen molar-refractivity contribution in [1.29, 1.82) is 0 Å². The molecule has 4 heteroatoms. The molecule has 29 heavy (non-hydrogen) atoms. The number of anilines is 2. The van der Waals surface area contributed by atoms with Crippen molar-refractivity contribution in [3.05, 3.63) is 90.0 Å². The molecule has 148 valence electrons. The molecule has 0 aromatic heterocycles. The van der Waals surface area contributed by atoms with Gasteiger partial charge in [-0.3, -0.25) is 4.79 Å². The van der Waals surface area contributed by atoms with Crippen molar-refractivity contribution >= 4 is 17.3 Å². The molecule has 0 spiro atoms. The Bertz CT molecular complexity index is 954. The average molecular weight is 386 g/mol. The highest BCUT2D eigenvalue weighted by atomic mass is 16.5. The molecule has 1 atom stereocenters. The molecule has 1 aliphatic rings. The van der Waals surface area contributed by atoms with Crippen molar-refractivity contribution in [2.75, 3.05) is 16.8 Å². The highest BCUT2D eigenvalue weighted by Crippen LogP contribution is 2.31. The van der Waals surface area contributed by atoms with Crippen molar-refractivity contribution in [2.24, 2.45) is 0 Å². The molecule has 3 aromatic carbocycles.